The molecular weight excluding hydrogens is 432 g/mol. The van der Waals surface area contributed by atoms with Gasteiger partial charge in [0.05, 0.1) is 10.9 Å². The van der Waals surface area contributed by atoms with Crippen LogP contribution in [0.2, 0.25) is 5.15 Å². The lowest BCUT2D eigenvalue weighted by molar-refractivity contribution is 0.391. The Hall–Kier alpha value is -2.73. The highest BCUT2D eigenvalue weighted by molar-refractivity contribution is 6.33. The van der Waals surface area contributed by atoms with E-state index in [0.717, 1.165) is 46.8 Å². The zero-order valence-electron chi connectivity index (χ0n) is 18.9. The molecule has 6 nitrogen and oxygen atoms in total. The molecule has 0 spiro atoms. The zero-order valence-corrected chi connectivity index (χ0v) is 19.7. The van der Waals surface area contributed by atoms with Crippen LogP contribution in [0.1, 0.15) is 50.6 Å². The number of aryl methyl sites for hydroxylation is 1. The molecule has 7 heteroatoms. The van der Waals surface area contributed by atoms with E-state index in [1.165, 1.54) is 37.7 Å². The van der Waals surface area contributed by atoms with Gasteiger partial charge in [-0.05, 0) is 74.0 Å². The van der Waals surface area contributed by atoms with E-state index in [1.807, 2.05) is 12.3 Å². The standard InChI is InChI=1S/C26H29ClN6/c1-16-10-21(33-9-8-22-24(27)30-15-31-25(22)33)12-19(16)6-4-17-5-7-20-14-29-26(32-23(20)11-17)28-13-18-2-3-18/h5,7-9,11,14-16,18-19,21H,2-4,6,10,12-13H2,1H3,(H,28,29,32). The van der Waals surface area contributed by atoms with Gasteiger partial charge in [0.25, 0.3) is 0 Å². The van der Waals surface area contributed by atoms with Gasteiger partial charge in [0, 0.05) is 30.4 Å². The molecule has 170 valence electrons. The fourth-order valence-electron chi connectivity index (χ4n) is 5.38. The molecule has 0 radical (unpaired) electrons. The highest BCUT2D eigenvalue weighted by Gasteiger charge is 2.32. The molecule has 33 heavy (non-hydrogen) atoms. The Morgan fingerprint density at radius 1 is 1.12 bits per heavy atom. The number of rotatable bonds is 7. The Morgan fingerprint density at radius 3 is 2.91 bits per heavy atom. The minimum atomic E-state index is 0.470. The number of hydrogen-bond donors (Lipinski definition) is 1. The van der Waals surface area contributed by atoms with Crippen molar-refractivity contribution in [3.8, 4) is 0 Å². The van der Waals surface area contributed by atoms with Gasteiger partial charge in [-0.2, -0.15) is 0 Å². The minimum Gasteiger partial charge on any atom is -0.354 e. The van der Waals surface area contributed by atoms with Gasteiger partial charge in [0.2, 0.25) is 5.95 Å². The van der Waals surface area contributed by atoms with Crippen LogP contribution in [0.5, 0.6) is 0 Å². The summed E-state index contributed by atoms with van der Waals surface area (Å²) in [5, 5.41) is 5.97. The predicted molar refractivity (Wildman–Crippen MR) is 133 cm³/mol. The van der Waals surface area contributed by atoms with Crippen LogP contribution in [-0.2, 0) is 6.42 Å². The first-order valence-electron chi connectivity index (χ1n) is 12.1. The van der Waals surface area contributed by atoms with Crippen molar-refractivity contribution in [2.75, 3.05) is 11.9 Å². The minimum absolute atomic E-state index is 0.470. The molecule has 3 heterocycles. The van der Waals surface area contributed by atoms with Gasteiger partial charge in [-0.3, -0.25) is 0 Å². The van der Waals surface area contributed by atoms with Crippen molar-refractivity contribution in [3.05, 3.63) is 53.7 Å². The maximum atomic E-state index is 6.26. The lowest BCUT2D eigenvalue weighted by Crippen LogP contribution is -2.07. The largest absolute Gasteiger partial charge is 0.354 e. The predicted octanol–water partition coefficient (Wildman–Crippen LogP) is 6.07. The first kappa shape index (κ1) is 20.8. The summed E-state index contributed by atoms with van der Waals surface area (Å²) in [5.41, 5.74) is 3.35. The number of anilines is 1. The molecule has 2 aliphatic carbocycles. The number of nitrogens with zero attached hydrogens (tertiary/aromatic N) is 5. The smallest absolute Gasteiger partial charge is 0.223 e. The van der Waals surface area contributed by atoms with Gasteiger partial charge in [-0.15, -0.1) is 0 Å². The van der Waals surface area contributed by atoms with Crippen molar-refractivity contribution in [2.45, 2.75) is 51.5 Å². The van der Waals surface area contributed by atoms with E-state index in [0.29, 0.717) is 23.0 Å². The summed E-state index contributed by atoms with van der Waals surface area (Å²) in [6.07, 6.45) is 12.9. The van der Waals surface area contributed by atoms with E-state index in [4.69, 9.17) is 16.6 Å². The zero-order chi connectivity index (χ0) is 22.4. The van der Waals surface area contributed by atoms with Crippen molar-refractivity contribution in [2.24, 2.45) is 17.8 Å². The molecule has 0 bridgehead atoms. The number of hydrogen-bond acceptors (Lipinski definition) is 5. The van der Waals surface area contributed by atoms with E-state index in [-0.39, 0.29) is 0 Å². The molecule has 3 aromatic heterocycles. The molecular formula is C26H29ClN6. The average Bonchev–Trinajstić information content (AvgIpc) is 3.44. The van der Waals surface area contributed by atoms with Crippen LogP contribution in [0.25, 0.3) is 21.9 Å². The average molecular weight is 461 g/mol. The molecule has 0 aliphatic heterocycles. The lowest BCUT2D eigenvalue weighted by Gasteiger charge is -2.15. The van der Waals surface area contributed by atoms with Crippen LogP contribution in [0.4, 0.5) is 5.95 Å². The Kier molecular flexibility index (Phi) is 5.41. The van der Waals surface area contributed by atoms with Gasteiger partial charge in [0.15, 0.2) is 0 Å². The van der Waals surface area contributed by atoms with E-state index >= 15 is 0 Å². The second-order valence-corrected chi connectivity index (χ2v) is 10.3. The molecule has 2 aliphatic rings. The van der Waals surface area contributed by atoms with E-state index in [2.05, 4.69) is 56.2 Å². The Labute approximate surface area is 198 Å². The third kappa shape index (κ3) is 4.29. The molecule has 2 fully saturated rings. The first-order valence-corrected chi connectivity index (χ1v) is 12.5. The maximum absolute atomic E-state index is 6.26. The summed E-state index contributed by atoms with van der Waals surface area (Å²) in [6, 6.07) is 9.15. The van der Waals surface area contributed by atoms with Crippen molar-refractivity contribution < 1.29 is 0 Å². The number of fused-ring (bicyclic) bond motifs is 2. The first-order chi connectivity index (χ1) is 16.1. The van der Waals surface area contributed by atoms with E-state index < -0.39 is 0 Å². The van der Waals surface area contributed by atoms with Crippen molar-refractivity contribution in [3.63, 3.8) is 0 Å². The normalized spacial score (nSPS) is 22.9. The second-order valence-electron chi connectivity index (χ2n) is 9.94. The molecule has 2 saturated carbocycles. The SMILES string of the molecule is CC1CC(n2ccc3c(Cl)ncnc32)CC1CCc1ccc2cnc(NCC3CC3)nc2c1. The molecule has 3 atom stereocenters. The summed E-state index contributed by atoms with van der Waals surface area (Å²) in [4.78, 5) is 17.9. The van der Waals surface area contributed by atoms with Crippen LogP contribution in [-0.4, -0.2) is 31.0 Å². The van der Waals surface area contributed by atoms with Crippen LogP contribution in [0, 0.1) is 17.8 Å². The van der Waals surface area contributed by atoms with Gasteiger partial charge >= 0.3 is 0 Å². The third-order valence-electron chi connectivity index (χ3n) is 7.57. The molecule has 6 rings (SSSR count). The Balaban J connectivity index is 1.13. The maximum Gasteiger partial charge on any atom is 0.223 e. The number of benzene rings is 1. The summed E-state index contributed by atoms with van der Waals surface area (Å²) < 4.78 is 2.31. The molecule has 1 N–H and O–H groups in total. The van der Waals surface area contributed by atoms with Crippen LogP contribution in [0.15, 0.2) is 43.0 Å². The monoisotopic (exact) mass is 460 g/mol. The number of halogens is 1. The highest BCUT2D eigenvalue weighted by Crippen LogP contribution is 2.43. The van der Waals surface area contributed by atoms with Gasteiger partial charge in [-0.1, -0.05) is 30.7 Å². The van der Waals surface area contributed by atoms with Crippen molar-refractivity contribution in [1.82, 2.24) is 24.5 Å². The summed E-state index contributed by atoms with van der Waals surface area (Å²) >= 11 is 6.26. The van der Waals surface area contributed by atoms with Gasteiger partial charge in [-0.25, -0.2) is 19.9 Å². The molecule has 0 amide bonds. The van der Waals surface area contributed by atoms with Gasteiger partial charge < -0.3 is 9.88 Å². The van der Waals surface area contributed by atoms with Crippen LogP contribution in [0.3, 0.4) is 0 Å². The third-order valence-corrected chi connectivity index (χ3v) is 7.88. The lowest BCUT2D eigenvalue weighted by atomic mass is 9.91. The van der Waals surface area contributed by atoms with Crippen LogP contribution >= 0.6 is 11.6 Å². The summed E-state index contributed by atoms with van der Waals surface area (Å²) in [5.74, 6) is 2.94. The number of nitrogens with one attached hydrogen (secondary N) is 1. The fraction of sp³-hybridized carbons (Fsp3) is 0.462. The van der Waals surface area contributed by atoms with E-state index in [9.17, 15) is 0 Å². The van der Waals surface area contributed by atoms with Crippen molar-refractivity contribution in [1.29, 1.82) is 0 Å². The molecule has 3 unspecified atom stereocenters. The Morgan fingerprint density at radius 2 is 2.03 bits per heavy atom. The van der Waals surface area contributed by atoms with Crippen molar-refractivity contribution >= 4 is 39.5 Å². The topological polar surface area (TPSA) is 68.5 Å². The summed E-state index contributed by atoms with van der Waals surface area (Å²) in [6.45, 7) is 3.38. The highest BCUT2D eigenvalue weighted by atomic mass is 35.5. The van der Waals surface area contributed by atoms with Crippen LogP contribution < -0.4 is 5.32 Å². The second kappa shape index (κ2) is 8.56. The molecule has 4 aromatic rings. The Bertz CT molecular complexity index is 1300. The fourth-order valence-corrected chi connectivity index (χ4v) is 5.57. The molecule has 1 aromatic carbocycles. The van der Waals surface area contributed by atoms with E-state index in [1.54, 1.807) is 6.33 Å². The van der Waals surface area contributed by atoms with Gasteiger partial charge in [0.1, 0.15) is 17.1 Å². The quantitative estimate of drug-likeness (QED) is 0.339. The number of aromatic nitrogens is 5. The molecule has 0 saturated heterocycles. The summed E-state index contributed by atoms with van der Waals surface area (Å²) in [7, 11) is 0.